The van der Waals surface area contributed by atoms with Crippen molar-refractivity contribution in [3.05, 3.63) is 94.0 Å². The first kappa shape index (κ1) is 29.4. The van der Waals surface area contributed by atoms with Gasteiger partial charge in [0.25, 0.3) is 10.0 Å². The Labute approximate surface area is 234 Å². The first-order valence-electron chi connectivity index (χ1n) is 12.5. The minimum atomic E-state index is -4.07. The second-order valence-electron chi connectivity index (χ2n) is 9.21. The average Bonchev–Trinajstić information content (AvgIpc) is 2.90. The Morgan fingerprint density at radius 1 is 0.947 bits per heavy atom. The predicted octanol–water partition coefficient (Wildman–Crippen LogP) is 5.20. The van der Waals surface area contributed by atoms with E-state index in [9.17, 15) is 18.0 Å². The van der Waals surface area contributed by atoms with Crippen LogP contribution < -0.4 is 9.62 Å². The Hall–Kier alpha value is -3.17. The number of nitrogens with one attached hydrogen (secondary N) is 1. The Morgan fingerprint density at radius 3 is 2.29 bits per heavy atom. The van der Waals surface area contributed by atoms with Gasteiger partial charge >= 0.3 is 0 Å². The molecule has 0 heterocycles. The van der Waals surface area contributed by atoms with Gasteiger partial charge in [-0.3, -0.25) is 13.9 Å². The number of benzene rings is 3. The fourth-order valence-electron chi connectivity index (χ4n) is 3.94. The molecule has 0 unspecified atom stereocenters. The highest BCUT2D eigenvalue weighted by Crippen LogP contribution is 2.26. The summed E-state index contributed by atoms with van der Waals surface area (Å²) in [7, 11) is -4.07. The third-order valence-electron chi connectivity index (χ3n) is 6.35. The number of halogens is 1. The Morgan fingerprint density at radius 2 is 1.66 bits per heavy atom. The fourth-order valence-corrected chi connectivity index (χ4v) is 5.81. The molecule has 0 aliphatic rings. The predicted molar refractivity (Wildman–Crippen MR) is 154 cm³/mol. The van der Waals surface area contributed by atoms with Gasteiger partial charge in [0.15, 0.2) is 0 Å². The van der Waals surface area contributed by atoms with Crippen LogP contribution in [-0.2, 0) is 26.2 Å². The lowest BCUT2D eigenvalue weighted by molar-refractivity contribution is -0.139. The molecule has 38 heavy (non-hydrogen) atoms. The molecular formula is C29H34BrN3O4S. The largest absolute Gasteiger partial charge is 0.354 e. The zero-order valence-electron chi connectivity index (χ0n) is 22.1. The number of hydrogen-bond acceptors (Lipinski definition) is 4. The molecule has 0 aliphatic heterocycles. The molecule has 3 aromatic rings. The Bertz CT molecular complexity index is 1380. The highest BCUT2D eigenvalue weighted by molar-refractivity contribution is 9.10. The molecule has 0 spiro atoms. The van der Waals surface area contributed by atoms with Crippen molar-refractivity contribution in [2.45, 2.75) is 51.6 Å². The molecular weight excluding hydrogens is 566 g/mol. The highest BCUT2D eigenvalue weighted by atomic mass is 79.9. The van der Waals surface area contributed by atoms with E-state index in [2.05, 4.69) is 21.2 Å². The van der Waals surface area contributed by atoms with Crippen LogP contribution in [0.15, 0.2) is 82.2 Å². The first-order valence-corrected chi connectivity index (χ1v) is 14.7. The molecule has 0 saturated carbocycles. The van der Waals surface area contributed by atoms with E-state index in [1.54, 1.807) is 37.3 Å². The van der Waals surface area contributed by atoms with Gasteiger partial charge in [-0.25, -0.2) is 8.42 Å². The summed E-state index contributed by atoms with van der Waals surface area (Å²) in [5.74, 6) is -0.777. The van der Waals surface area contributed by atoms with E-state index in [1.165, 1.54) is 17.0 Å². The van der Waals surface area contributed by atoms with Crippen LogP contribution >= 0.6 is 15.9 Å². The van der Waals surface area contributed by atoms with E-state index < -0.39 is 28.5 Å². The topological polar surface area (TPSA) is 86.8 Å². The molecule has 0 radical (unpaired) electrons. The number of hydrogen-bond donors (Lipinski definition) is 1. The minimum Gasteiger partial charge on any atom is -0.354 e. The van der Waals surface area contributed by atoms with Crippen LogP contribution in [0.4, 0.5) is 5.69 Å². The number of rotatable bonds is 11. The van der Waals surface area contributed by atoms with Crippen LogP contribution in [0.25, 0.3) is 0 Å². The average molecular weight is 601 g/mol. The van der Waals surface area contributed by atoms with E-state index >= 15 is 0 Å². The van der Waals surface area contributed by atoms with E-state index in [4.69, 9.17) is 0 Å². The van der Waals surface area contributed by atoms with Crippen molar-refractivity contribution in [2.75, 3.05) is 17.4 Å². The van der Waals surface area contributed by atoms with Gasteiger partial charge in [0.2, 0.25) is 11.8 Å². The summed E-state index contributed by atoms with van der Waals surface area (Å²) >= 11 is 3.45. The molecule has 0 fully saturated rings. The maximum absolute atomic E-state index is 13.9. The number of anilines is 1. The smallest absolute Gasteiger partial charge is 0.264 e. The molecule has 3 aromatic carbocycles. The maximum Gasteiger partial charge on any atom is 0.264 e. The van der Waals surface area contributed by atoms with Gasteiger partial charge in [-0.05, 0) is 80.3 Å². The quantitative estimate of drug-likeness (QED) is 0.328. The summed E-state index contributed by atoms with van der Waals surface area (Å²) in [5.41, 5.74) is 3.11. The summed E-state index contributed by atoms with van der Waals surface area (Å²) < 4.78 is 29.6. The van der Waals surface area contributed by atoms with Crippen molar-refractivity contribution in [1.29, 1.82) is 0 Å². The van der Waals surface area contributed by atoms with Gasteiger partial charge in [-0.2, -0.15) is 0 Å². The molecule has 0 aromatic heterocycles. The fraction of sp³-hybridized carbons (Fsp3) is 0.310. The van der Waals surface area contributed by atoms with Crippen LogP contribution in [0.3, 0.4) is 0 Å². The van der Waals surface area contributed by atoms with E-state index in [0.717, 1.165) is 31.9 Å². The van der Waals surface area contributed by atoms with Gasteiger partial charge in [-0.1, -0.05) is 59.3 Å². The third kappa shape index (κ3) is 7.23. The molecule has 1 N–H and O–H groups in total. The molecule has 0 bridgehead atoms. The van der Waals surface area contributed by atoms with Crippen molar-refractivity contribution in [3.63, 3.8) is 0 Å². The first-order chi connectivity index (χ1) is 18.0. The summed E-state index contributed by atoms with van der Waals surface area (Å²) in [5, 5.41) is 2.85. The Balaban J connectivity index is 2.03. The lowest BCUT2D eigenvalue weighted by Gasteiger charge is -2.32. The van der Waals surface area contributed by atoms with Gasteiger partial charge in [-0.15, -0.1) is 0 Å². The number of amides is 2. The maximum atomic E-state index is 13.9. The molecule has 2 amide bonds. The zero-order chi connectivity index (χ0) is 27.9. The van der Waals surface area contributed by atoms with E-state index in [1.807, 2.05) is 51.1 Å². The number of carbonyl (C=O) groups excluding carboxylic acids is 2. The van der Waals surface area contributed by atoms with Crippen molar-refractivity contribution < 1.29 is 18.0 Å². The lowest BCUT2D eigenvalue weighted by Crippen LogP contribution is -2.51. The SMILES string of the molecule is CCCNC(=O)[C@H](C)N(Cc1cccc(Br)c1)C(=O)CN(c1ccc(C)c(C)c1)S(=O)(=O)c1ccccc1. The van der Waals surface area contributed by atoms with E-state index in [0.29, 0.717) is 12.2 Å². The minimum absolute atomic E-state index is 0.0818. The second kappa shape index (κ2) is 13.1. The highest BCUT2D eigenvalue weighted by Gasteiger charge is 2.32. The summed E-state index contributed by atoms with van der Waals surface area (Å²) in [4.78, 5) is 28.3. The number of sulfonamides is 1. The normalized spacial score (nSPS) is 12.0. The molecule has 9 heteroatoms. The summed E-state index contributed by atoms with van der Waals surface area (Å²) in [6, 6.07) is 20.0. The monoisotopic (exact) mass is 599 g/mol. The van der Waals surface area contributed by atoms with Gasteiger partial charge in [0, 0.05) is 17.6 Å². The number of nitrogens with zero attached hydrogens (tertiary/aromatic N) is 2. The van der Waals surface area contributed by atoms with Crippen molar-refractivity contribution in [1.82, 2.24) is 10.2 Å². The van der Waals surface area contributed by atoms with Crippen molar-refractivity contribution in [2.24, 2.45) is 0 Å². The molecule has 3 rings (SSSR count). The van der Waals surface area contributed by atoms with Crippen LogP contribution in [0.1, 0.15) is 37.0 Å². The third-order valence-corrected chi connectivity index (χ3v) is 8.63. The van der Waals surface area contributed by atoms with Crippen LogP contribution in [0.2, 0.25) is 0 Å². The molecule has 0 saturated heterocycles. The van der Waals surface area contributed by atoms with Crippen molar-refractivity contribution in [3.8, 4) is 0 Å². The van der Waals surface area contributed by atoms with E-state index in [-0.39, 0.29) is 17.3 Å². The van der Waals surface area contributed by atoms with Gasteiger partial charge in [0.05, 0.1) is 10.6 Å². The zero-order valence-corrected chi connectivity index (χ0v) is 24.6. The molecule has 0 aliphatic carbocycles. The summed E-state index contributed by atoms with van der Waals surface area (Å²) in [6.45, 7) is 7.62. The standard InChI is InChI=1S/C29H34BrN3O4S/c1-5-16-31-29(35)23(4)32(19-24-10-9-11-25(30)18-24)28(34)20-33(26-15-14-21(2)22(3)17-26)38(36,37)27-12-7-6-8-13-27/h6-15,17-18,23H,5,16,19-20H2,1-4H3,(H,31,35)/t23-/m0/s1. The van der Waals surface area contributed by atoms with Crippen molar-refractivity contribution >= 4 is 43.5 Å². The number of aryl methyl sites for hydroxylation is 2. The summed E-state index contributed by atoms with van der Waals surface area (Å²) in [6.07, 6.45) is 0.758. The van der Waals surface area contributed by atoms with Gasteiger partial charge < -0.3 is 10.2 Å². The van der Waals surface area contributed by atoms with Gasteiger partial charge in [0.1, 0.15) is 12.6 Å². The molecule has 1 atom stereocenters. The Kier molecular flexibility index (Phi) is 10.1. The van der Waals surface area contributed by atoms with Crippen LogP contribution in [0, 0.1) is 13.8 Å². The number of carbonyl (C=O) groups is 2. The van der Waals surface area contributed by atoms with Crippen LogP contribution in [0.5, 0.6) is 0 Å². The lowest BCUT2D eigenvalue weighted by atomic mass is 10.1. The molecule has 202 valence electrons. The second-order valence-corrected chi connectivity index (χ2v) is 12.0. The molecule has 7 nitrogen and oxygen atoms in total. The van der Waals surface area contributed by atoms with Crippen LogP contribution in [-0.4, -0.2) is 44.3 Å².